The standard InChI is InChI=1S/C30H23ClFN5O3/c1-16(28-25(17-6-5-7-19(32)12-17)22(14-38)20-8-3-4-9-23(20)40-28)37-30-26(29(33)34-15-35-30)27(36-37)21-11-10-18(31)13-24(21)39-2/h3-16,22H,1-2H3,(H2,33,34,35). The first-order chi connectivity index (χ1) is 19.4. The largest absolute Gasteiger partial charge is 0.496 e. The number of nitrogens with two attached hydrogens (primary N) is 1. The molecule has 1 aliphatic rings. The molecule has 0 fully saturated rings. The number of ether oxygens (including phenoxy) is 2. The number of para-hydroxylation sites is 1. The predicted octanol–water partition coefficient (Wildman–Crippen LogP) is 6.22. The number of methoxy groups -OCH3 is 1. The van der Waals surface area contributed by atoms with Crippen molar-refractivity contribution in [3.8, 4) is 22.8 Å². The number of halogens is 2. The average Bonchev–Trinajstić information content (AvgIpc) is 3.36. The Labute approximate surface area is 233 Å². The molecule has 0 bridgehead atoms. The first-order valence-electron chi connectivity index (χ1n) is 12.5. The van der Waals surface area contributed by atoms with Crippen LogP contribution < -0.4 is 15.2 Å². The number of allylic oxidation sites excluding steroid dienone is 2. The summed E-state index contributed by atoms with van der Waals surface area (Å²) in [7, 11) is 1.54. The molecule has 0 saturated carbocycles. The van der Waals surface area contributed by atoms with E-state index in [9.17, 15) is 9.18 Å². The highest BCUT2D eigenvalue weighted by Crippen LogP contribution is 2.47. The van der Waals surface area contributed by atoms with Crippen LogP contribution in [0.5, 0.6) is 11.5 Å². The van der Waals surface area contributed by atoms with Gasteiger partial charge in [-0.25, -0.2) is 19.0 Å². The van der Waals surface area contributed by atoms with Crippen LogP contribution in [0.2, 0.25) is 5.02 Å². The molecule has 2 aromatic heterocycles. The van der Waals surface area contributed by atoms with Crippen LogP contribution >= 0.6 is 11.6 Å². The molecule has 1 aliphatic heterocycles. The number of rotatable bonds is 6. The predicted molar refractivity (Wildman–Crippen MR) is 151 cm³/mol. The lowest BCUT2D eigenvalue weighted by atomic mass is 9.83. The molecule has 8 nitrogen and oxygen atoms in total. The molecule has 2 unspecified atom stereocenters. The van der Waals surface area contributed by atoms with Crippen molar-refractivity contribution in [3.63, 3.8) is 0 Å². The number of aromatic nitrogens is 4. The maximum absolute atomic E-state index is 14.4. The van der Waals surface area contributed by atoms with E-state index in [2.05, 4.69) is 9.97 Å². The molecular weight excluding hydrogens is 533 g/mol. The highest BCUT2D eigenvalue weighted by Gasteiger charge is 2.35. The van der Waals surface area contributed by atoms with Gasteiger partial charge in [0, 0.05) is 21.7 Å². The van der Waals surface area contributed by atoms with Crippen molar-refractivity contribution in [3.05, 3.63) is 101 Å². The summed E-state index contributed by atoms with van der Waals surface area (Å²) in [6.45, 7) is 1.87. The molecule has 5 aromatic rings. The molecule has 0 radical (unpaired) electrons. The van der Waals surface area contributed by atoms with Crippen molar-refractivity contribution in [2.75, 3.05) is 12.8 Å². The van der Waals surface area contributed by atoms with E-state index in [1.807, 2.05) is 25.1 Å². The molecule has 3 heterocycles. The van der Waals surface area contributed by atoms with Crippen LogP contribution in [0.15, 0.2) is 78.8 Å². The van der Waals surface area contributed by atoms with Crippen molar-refractivity contribution in [2.24, 2.45) is 0 Å². The van der Waals surface area contributed by atoms with Gasteiger partial charge in [0.05, 0.1) is 18.4 Å². The van der Waals surface area contributed by atoms with Crippen LogP contribution in [-0.2, 0) is 4.79 Å². The summed E-state index contributed by atoms with van der Waals surface area (Å²) in [5.74, 6) is 0.572. The van der Waals surface area contributed by atoms with E-state index in [4.69, 9.17) is 31.9 Å². The molecule has 2 N–H and O–H groups in total. The Morgan fingerprint density at radius 3 is 2.73 bits per heavy atom. The van der Waals surface area contributed by atoms with Gasteiger partial charge in [-0.05, 0) is 48.9 Å². The maximum Gasteiger partial charge on any atom is 0.164 e. The fraction of sp³-hybridized carbons (Fsp3) is 0.133. The van der Waals surface area contributed by atoms with Crippen LogP contribution in [-0.4, -0.2) is 33.1 Å². The lowest BCUT2D eigenvalue weighted by Crippen LogP contribution is -2.23. The minimum Gasteiger partial charge on any atom is -0.496 e. The minimum absolute atomic E-state index is 0.232. The second-order valence-corrected chi connectivity index (χ2v) is 9.75. The number of nitrogen functional groups attached to an aromatic ring is 1. The molecule has 0 spiro atoms. The van der Waals surface area contributed by atoms with Crippen LogP contribution in [0.25, 0.3) is 27.9 Å². The molecule has 3 aromatic carbocycles. The number of hydrogen-bond acceptors (Lipinski definition) is 7. The lowest BCUT2D eigenvalue weighted by Gasteiger charge is -2.31. The maximum atomic E-state index is 14.4. The molecule has 6 rings (SSSR count). The van der Waals surface area contributed by atoms with Crippen LogP contribution in [0.1, 0.15) is 30.0 Å². The number of nitrogens with zero attached hydrogens (tertiary/aromatic N) is 4. The molecule has 0 saturated heterocycles. The van der Waals surface area contributed by atoms with Gasteiger partial charge in [0.1, 0.15) is 53.2 Å². The average molecular weight is 556 g/mol. The van der Waals surface area contributed by atoms with E-state index < -0.39 is 17.8 Å². The third kappa shape index (κ3) is 4.15. The number of carbonyl (C=O) groups is 1. The first-order valence-corrected chi connectivity index (χ1v) is 12.8. The molecule has 10 heteroatoms. The van der Waals surface area contributed by atoms with E-state index in [-0.39, 0.29) is 5.82 Å². The third-order valence-corrected chi connectivity index (χ3v) is 7.24. The summed E-state index contributed by atoms with van der Waals surface area (Å²) in [5, 5.41) is 5.94. The Hall–Kier alpha value is -4.76. The van der Waals surface area contributed by atoms with Gasteiger partial charge < -0.3 is 20.0 Å². The topological polar surface area (TPSA) is 105 Å². The summed E-state index contributed by atoms with van der Waals surface area (Å²) in [6, 6.07) is 18.0. The molecule has 0 amide bonds. The summed E-state index contributed by atoms with van der Waals surface area (Å²) in [4.78, 5) is 21.3. The fourth-order valence-electron chi connectivity index (χ4n) is 5.17. The highest BCUT2D eigenvalue weighted by molar-refractivity contribution is 6.30. The number of aldehydes is 1. The first kappa shape index (κ1) is 25.5. The van der Waals surface area contributed by atoms with Gasteiger partial charge in [0.15, 0.2) is 5.65 Å². The quantitative estimate of drug-likeness (QED) is 0.248. The van der Waals surface area contributed by atoms with Crippen molar-refractivity contribution in [1.29, 1.82) is 0 Å². The second kappa shape index (κ2) is 10.1. The molecule has 200 valence electrons. The second-order valence-electron chi connectivity index (χ2n) is 9.31. The zero-order valence-electron chi connectivity index (χ0n) is 21.5. The highest BCUT2D eigenvalue weighted by atomic mass is 35.5. The Kier molecular flexibility index (Phi) is 6.43. The fourth-order valence-corrected chi connectivity index (χ4v) is 5.33. The smallest absolute Gasteiger partial charge is 0.164 e. The Morgan fingerprint density at radius 2 is 1.95 bits per heavy atom. The minimum atomic E-state index is -0.693. The monoisotopic (exact) mass is 555 g/mol. The van der Waals surface area contributed by atoms with Gasteiger partial charge in [-0.15, -0.1) is 0 Å². The van der Waals surface area contributed by atoms with Gasteiger partial charge in [-0.1, -0.05) is 41.9 Å². The number of anilines is 1. The summed E-state index contributed by atoms with van der Waals surface area (Å²) < 4.78 is 28.1. The summed E-state index contributed by atoms with van der Waals surface area (Å²) in [5.41, 5.74) is 9.68. The third-order valence-electron chi connectivity index (χ3n) is 7.01. The van der Waals surface area contributed by atoms with Crippen LogP contribution in [0, 0.1) is 5.82 Å². The van der Waals surface area contributed by atoms with Gasteiger partial charge >= 0.3 is 0 Å². The zero-order valence-corrected chi connectivity index (χ0v) is 22.3. The van der Waals surface area contributed by atoms with E-state index >= 15 is 0 Å². The normalized spacial score (nSPS) is 15.4. The number of fused-ring (bicyclic) bond motifs is 2. The molecular formula is C30H23ClFN5O3. The lowest BCUT2D eigenvalue weighted by molar-refractivity contribution is -0.108. The van der Waals surface area contributed by atoms with Crippen LogP contribution in [0.4, 0.5) is 10.2 Å². The van der Waals surface area contributed by atoms with Crippen molar-refractivity contribution in [1.82, 2.24) is 19.7 Å². The number of hydrogen-bond donors (Lipinski definition) is 1. The van der Waals surface area contributed by atoms with Crippen molar-refractivity contribution < 1.29 is 18.7 Å². The van der Waals surface area contributed by atoms with Crippen molar-refractivity contribution in [2.45, 2.75) is 18.9 Å². The molecule has 40 heavy (non-hydrogen) atoms. The van der Waals surface area contributed by atoms with Gasteiger partial charge in [-0.3, -0.25) is 0 Å². The van der Waals surface area contributed by atoms with Gasteiger partial charge in [-0.2, -0.15) is 5.10 Å². The zero-order chi connectivity index (χ0) is 28.0. The summed E-state index contributed by atoms with van der Waals surface area (Å²) >= 11 is 6.21. The van der Waals surface area contributed by atoms with Crippen LogP contribution in [0.3, 0.4) is 0 Å². The van der Waals surface area contributed by atoms with Crippen molar-refractivity contribution >= 4 is 40.3 Å². The van der Waals surface area contributed by atoms with E-state index in [1.54, 1.807) is 48.2 Å². The van der Waals surface area contributed by atoms with Gasteiger partial charge in [0.25, 0.3) is 0 Å². The van der Waals surface area contributed by atoms with E-state index in [0.29, 0.717) is 61.3 Å². The number of benzene rings is 3. The Bertz CT molecular complexity index is 1820. The van der Waals surface area contributed by atoms with E-state index in [1.165, 1.54) is 18.5 Å². The van der Waals surface area contributed by atoms with E-state index in [0.717, 1.165) is 6.29 Å². The Balaban J connectivity index is 1.61. The number of carbonyl (C=O) groups excluding carboxylic acids is 1. The molecule has 0 aliphatic carbocycles. The summed E-state index contributed by atoms with van der Waals surface area (Å²) in [6.07, 6.45) is 2.21. The SMILES string of the molecule is COc1cc(Cl)ccc1-c1nn(C(C)C2=C(c3cccc(F)c3)C(C=O)c3ccccc3O2)c2ncnc(N)c12. The van der Waals surface area contributed by atoms with Gasteiger partial charge in [0.2, 0.25) is 0 Å². The Morgan fingerprint density at radius 1 is 1.12 bits per heavy atom. The molecule has 2 atom stereocenters.